The number of halogens is 1. The Morgan fingerprint density at radius 3 is 2.85 bits per heavy atom. The summed E-state index contributed by atoms with van der Waals surface area (Å²) in [6.45, 7) is 5.39. The molecule has 0 spiro atoms. The van der Waals surface area contributed by atoms with Gasteiger partial charge in [0, 0.05) is 30.5 Å². The lowest BCUT2D eigenvalue weighted by molar-refractivity contribution is 0.0944. The third-order valence-corrected chi connectivity index (χ3v) is 4.32. The number of amides is 1. The highest BCUT2D eigenvalue weighted by Gasteiger charge is 2.12. The van der Waals surface area contributed by atoms with Crippen LogP contribution in [0.4, 0.5) is 0 Å². The number of aryl methyl sites for hydroxylation is 1. The van der Waals surface area contributed by atoms with Gasteiger partial charge in [-0.15, -0.1) is 0 Å². The lowest BCUT2D eigenvalue weighted by Crippen LogP contribution is -2.24. The van der Waals surface area contributed by atoms with Crippen LogP contribution in [0.2, 0.25) is 5.02 Å². The Hall–Kier alpha value is -2.80. The van der Waals surface area contributed by atoms with Crippen LogP contribution in [0.15, 0.2) is 42.7 Å². The quantitative estimate of drug-likeness (QED) is 0.690. The maximum atomic E-state index is 12.3. The number of hydrogen-bond donors (Lipinski definition) is 1. The monoisotopic (exact) mass is 373 g/mol. The Labute approximate surface area is 156 Å². The molecule has 0 aliphatic rings. The van der Waals surface area contributed by atoms with Crippen molar-refractivity contribution in [1.29, 1.82) is 0 Å². The van der Waals surface area contributed by atoms with Crippen LogP contribution in [0.3, 0.4) is 0 Å². The fourth-order valence-corrected chi connectivity index (χ4v) is 2.69. The summed E-state index contributed by atoms with van der Waals surface area (Å²) in [7, 11) is 0. The van der Waals surface area contributed by atoms with Gasteiger partial charge in [-0.25, -0.2) is 4.68 Å². The van der Waals surface area contributed by atoms with Crippen molar-refractivity contribution in [3.8, 4) is 5.75 Å². The van der Waals surface area contributed by atoms with Gasteiger partial charge in [0.15, 0.2) is 6.73 Å². The molecule has 0 aliphatic carbocycles. The maximum Gasteiger partial charge on any atom is 0.272 e. The standard InChI is InChI=1S/C18H20ClN5O2/c1-3-24-13(2)14(11-21-24)10-20-18(25)16-8-9-23(22-16)12-26-17-7-5-4-6-15(17)19/h4-9,11H,3,10,12H2,1-2H3,(H,20,25). The number of hydrogen-bond acceptors (Lipinski definition) is 4. The van der Waals surface area contributed by atoms with Crippen LogP contribution in [0.25, 0.3) is 0 Å². The van der Waals surface area contributed by atoms with Crippen LogP contribution in [-0.4, -0.2) is 25.5 Å². The van der Waals surface area contributed by atoms with E-state index in [0.29, 0.717) is 23.0 Å². The molecule has 2 aromatic heterocycles. The summed E-state index contributed by atoms with van der Waals surface area (Å²) in [6, 6.07) is 8.84. The molecular weight excluding hydrogens is 354 g/mol. The molecule has 0 saturated heterocycles. The van der Waals surface area contributed by atoms with E-state index in [9.17, 15) is 4.79 Å². The summed E-state index contributed by atoms with van der Waals surface area (Å²) in [4.78, 5) is 12.3. The second-order valence-electron chi connectivity index (χ2n) is 5.70. The smallest absolute Gasteiger partial charge is 0.272 e. The Balaban J connectivity index is 1.56. The van der Waals surface area contributed by atoms with Crippen LogP contribution >= 0.6 is 11.6 Å². The minimum atomic E-state index is -0.245. The lowest BCUT2D eigenvalue weighted by atomic mass is 10.2. The molecule has 2 heterocycles. The van der Waals surface area contributed by atoms with Crippen molar-refractivity contribution < 1.29 is 9.53 Å². The molecule has 26 heavy (non-hydrogen) atoms. The van der Waals surface area contributed by atoms with Crippen molar-refractivity contribution in [2.45, 2.75) is 33.7 Å². The number of carbonyl (C=O) groups is 1. The minimum absolute atomic E-state index is 0.166. The Morgan fingerprint density at radius 1 is 1.31 bits per heavy atom. The molecule has 136 valence electrons. The van der Waals surface area contributed by atoms with Gasteiger partial charge in [-0.05, 0) is 32.0 Å². The lowest BCUT2D eigenvalue weighted by Gasteiger charge is -2.07. The molecule has 0 radical (unpaired) electrons. The van der Waals surface area contributed by atoms with E-state index in [-0.39, 0.29) is 12.6 Å². The molecule has 3 rings (SSSR count). The number of rotatable bonds is 7. The van der Waals surface area contributed by atoms with E-state index in [1.807, 2.05) is 30.7 Å². The Kier molecular flexibility index (Phi) is 5.58. The fraction of sp³-hybridized carbons (Fsp3) is 0.278. The van der Waals surface area contributed by atoms with Gasteiger partial charge in [-0.1, -0.05) is 23.7 Å². The van der Waals surface area contributed by atoms with E-state index in [4.69, 9.17) is 16.3 Å². The van der Waals surface area contributed by atoms with Crippen LogP contribution in [-0.2, 0) is 19.8 Å². The third-order valence-electron chi connectivity index (χ3n) is 4.01. The topological polar surface area (TPSA) is 74.0 Å². The Morgan fingerprint density at radius 2 is 2.12 bits per heavy atom. The number of para-hydroxylation sites is 1. The maximum absolute atomic E-state index is 12.3. The predicted octanol–water partition coefficient (Wildman–Crippen LogP) is 3.03. The fourth-order valence-electron chi connectivity index (χ4n) is 2.50. The second-order valence-corrected chi connectivity index (χ2v) is 6.11. The zero-order valence-electron chi connectivity index (χ0n) is 14.6. The summed E-state index contributed by atoms with van der Waals surface area (Å²) in [6.07, 6.45) is 3.46. The summed E-state index contributed by atoms with van der Waals surface area (Å²) >= 11 is 6.04. The van der Waals surface area contributed by atoms with E-state index in [1.165, 1.54) is 0 Å². The van der Waals surface area contributed by atoms with Crippen molar-refractivity contribution in [1.82, 2.24) is 24.9 Å². The molecule has 0 atom stereocenters. The van der Waals surface area contributed by atoms with E-state index >= 15 is 0 Å². The SMILES string of the molecule is CCn1ncc(CNC(=O)c2ccn(COc3ccccc3Cl)n2)c1C. The highest BCUT2D eigenvalue weighted by molar-refractivity contribution is 6.32. The van der Waals surface area contributed by atoms with Crippen molar-refractivity contribution in [2.24, 2.45) is 0 Å². The zero-order chi connectivity index (χ0) is 18.5. The second kappa shape index (κ2) is 8.05. The Bertz CT molecular complexity index is 903. The van der Waals surface area contributed by atoms with Crippen LogP contribution < -0.4 is 10.1 Å². The van der Waals surface area contributed by atoms with Gasteiger partial charge >= 0.3 is 0 Å². The molecular formula is C18H20ClN5O2. The summed E-state index contributed by atoms with van der Waals surface area (Å²) in [5.74, 6) is 0.323. The first-order chi connectivity index (χ1) is 12.6. The molecule has 1 amide bonds. The number of carbonyl (C=O) groups excluding carboxylic acids is 1. The average Bonchev–Trinajstić information content (AvgIpc) is 3.26. The molecule has 7 nitrogen and oxygen atoms in total. The molecule has 1 aromatic carbocycles. The summed E-state index contributed by atoms with van der Waals surface area (Å²) < 4.78 is 9.03. The van der Waals surface area contributed by atoms with Crippen LogP contribution in [0.5, 0.6) is 5.75 Å². The first-order valence-corrected chi connectivity index (χ1v) is 8.66. The largest absolute Gasteiger partial charge is 0.470 e. The third kappa shape index (κ3) is 4.05. The molecule has 0 fully saturated rings. The molecule has 3 aromatic rings. The normalized spacial score (nSPS) is 10.7. The minimum Gasteiger partial charge on any atom is -0.470 e. The molecule has 0 saturated carbocycles. The molecule has 1 N–H and O–H groups in total. The van der Waals surface area contributed by atoms with E-state index in [1.54, 1.807) is 35.3 Å². The van der Waals surface area contributed by atoms with Gasteiger partial charge < -0.3 is 10.1 Å². The van der Waals surface area contributed by atoms with Crippen molar-refractivity contribution >= 4 is 17.5 Å². The predicted molar refractivity (Wildman–Crippen MR) is 98.1 cm³/mol. The highest BCUT2D eigenvalue weighted by atomic mass is 35.5. The van der Waals surface area contributed by atoms with E-state index < -0.39 is 0 Å². The van der Waals surface area contributed by atoms with Crippen LogP contribution in [0, 0.1) is 6.92 Å². The van der Waals surface area contributed by atoms with Crippen molar-refractivity contribution in [2.75, 3.05) is 0 Å². The van der Waals surface area contributed by atoms with E-state index in [0.717, 1.165) is 17.8 Å². The summed E-state index contributed by atoms with van der Waals surface area (Å²) in [5, 5.41) is 11.9. The van der Waals surface area contributed by atoms with Gasteiger partial charge in [-0.3, -0.25) is 9.48 Å². The van der Waals surface area contributed by atoms with Gasteiger partial charge in [-0.2, -0.15) is 10.2 Å². The highest BCUT2D eigenvalue weighted by Crippen LogP contribution is 2.23. The van der Waals surface area contributed by atoms with Gasteiger partial charge in [0.05, 0.1) is 11.2 Å². The molecule has 0 aliphatic heterocycles. The molecule has 8 heteroatoms. The number of ether oxygens (including phenoxy) is 1. The van der Waals surface area contributed by atoms with Crippen LogP contribution in [0.1, 0.15) is 28.7 Å². The van der Waals surface area contributed by atoms with Crippen molar-refractivity contribution in [3.05, 3.63) is 64.7 Å². The zero-order valence-corrected chi connectivity index (χ0v) is 15.4. The van der Waals surface area contributed by atoms with Crippen molar-refractivity contribution in [3.63, 3.8) is 0 Å². The van der Waals surface area contributed by atoms with Gasteiger partial charge in [0.2, 0.25) is 0 Å². The number of benzene rings is 1. The average molecular weight is 374 g/mol. The molecule has 0 unspecified atom stereocenters. The summed E-state index contributed by atoms with van der Waals surface area (Å²) in [5.41, 5.74) is 2.36. The van der Waals surface area contributed by atoms with E-state index in [2.05, 4.69) is 15.5 Å². The number of aromatic nitrogens is 4. The van der Waals surface area contributed by atoms with Gasteiger partial charge in [0.25, 0.3) is 5.91 Å². The number of nitrogens with zero attached hydrogens (tertiary/aromatic N) is 4. The first kappa shape index (κ1) is 18.0. The number of nitrogens with one attached hydrogen (secondary N) is 1. The van der Waals surface area contributed by atoms with Gasteiger partial charge in [0.1, 0.15) is 11.4 Å². The first-order valence-electron chi connectivity index (χ1n) is 8.28. The molecule has 0 bridgehead atoms.